The summed E-state index contributed by atoms with van der Waals surface area (Å²) in [7, 11) is 0. The van der Waals surface area contributed by atoms with E-state index in [2.05, 4.69) is 22.3 Å². The van der Waals surface area contributed by atoms with Crippen LogP contribution in [0.25, 0.3) is 0 Å². The van der Waals surface area contributed by atoms with E-state index in [1.54, 1.807) is 36.4 Å². The largest absolute Gasteiger partial charge is 0.350 e. The number of carbonyl (C=O) groups is 3. The molecule has 0 aromatic heterocycles. The number of nitrogens with zero attached hydrogens (tertiary/aromatic N) is 3. The van der Waals surface area contributed by atoms with Crippen molar-refractivity contribution in [3.63, 3.8) is 0 Å². The summed E-state index contributed by atoms with van der Waals surface area (Å²) in [5, 5.41) is 2.82. The molecule has 3 amide bonds. The highest BCUT2D eigenvalue weighted by molar-refractivity contribution is 6.53. The zero-order chi connectivity index (χ0) is 26.8. The maximum atomic E-state index is 13.3. The lowest BCUT2D eigenvalue weighted by Crippen LogP contribution is -2.48. The summed E-state index contributed by atoms with van der Waals surface area (Å²) in [4.78, 5) is 44.7. The zero-order valence-corrected chi connectivity index (χ0v) is 22.2. The third-order valence-electron chi connectivity index (χ3n) is 7.13. The first-order chi connectivity index (χ1) is 18.3. The Labute approximate surface area is 227 Å². The number of imide groups is 1. The summed E-state index contributed by atoms with van der Waals surface area (Å²) in [5.41, 5.74) is 4.57. The molecule has 0 atom stereocenters. The molecule has 0 unspecified atom stereocenters. The molecule has 194 valence electrons. The van der Waals surface area contributed by atoms with Crippen LogP contribution < -0.4 is 10.2 Å². The van der Waals surface area contributed by atoms with Crippen molar-refractivity contribution in [1.82, 2.24) is 9.80 Å². The van der Waals surface area contributed by atoms with E-state index in [4.69, 9.17) is 11.6 Å². The molecule has 7 nitrogen and oxygen atoms in total. The monoisotopic (exact) mass is 528 g/mol. The van der Waals surface area contributed by atoms with Crippen molar-refractivity contribution < 1.29 is 14.4 Å². The van der Waals surface area contributed by atoms with Crippen molar-refractivity contribution in [2.24, 2.45) is 0 Å². The van der Waals surface area contributed by atoms with E-state index < -0.39 is 11.8 Å². The van der Waals surface area contributed by atoms with Gasteiger partial charge in [0.15, 0.2) is 0 Å². The second kappa shape index (κ2) is 10.8. The van der Waals surface area contributed by atoms with Crippen LogP contribution in [0.2, 0.25) is 0 Å². The second-order valence-corrected chi connectivity index (χ2v) is 9.99. The molecule has 1 fully saturated rings. The third kappa shape index (κ3) is 5.08. The van der Waals surface area contributed by atoms with Crippen LogP contribution in [0.15, 0.2) is 83.5 Å². The Balaban J connectivity index is 1.26. The van der Waals surface area contributed by atoms with Crippen LogP contribution in [-0.2, 0) is 16.1 Å². The molecule has 3 aromatic rings. The maximum absolute atomic E-state index is 13.3. The molecular weight excluding hydrogens is 500 g/mol. The normalized spacial score (nSPS) is 16.4. The minimum atomic E-state index is -0.575. The molecule has 0 bridgehead atoms. The molecule has 2 aliphatic heterocycles. The second-order valence-electron chi connectivity index (χ2n) is 9.61. The van der Waals surface area contributed by atoms with E-state index >= 15 is 0 Å². The number of anilines is 2. The zero-order valence-electron chi connectivity index (χ0n) is 21.4. The summed E-state index contributed by atoms with van der Waals surface area (Å²) in [6.07, 6.45) is 0. The first kappa shape index (κ1) is 25.7. The number of aryl methyl sites for hydroxylation is 1. The molecule has 38 heavy (non-hydrogen) atoms. The predicted molar refractivity (Wildman–Crippen MR) is 149 cm³/mol. The lowest BCUT2D eigenvalue weighted by Gasteiger charge is -2.34. The summed E-state index contributed by atoms with van der Waals surface area (Å²) in [6, 6.07) is 22.7. The van der Waals surface area contributed by atoms with Crippen molar-refractivity contribution in [1.29, 1.82) is 0 Å². The van der Waals surface area contributed by atoms with Crippen molar-refractivity contribution in [2.45, 2.75) is 20.4 Å². The van der Waals surface area contributed by atoms with Crippen LogP contribution in [0.5, 0.6) is 0 Å². The Hall–Kier alpha value is -3.94. The van der Waals surface area contributed by atoms with E-state index in [-0.39, 0.29) is 16.6 Å². The van der Waals surface area contributed by atoms with Crippen LogP contribution in [0.4, 0.5) is 11.4 Å². The highest BCUT2D eigenvalue weighted by Gasteiger charge is 2.39. The van der Waals surface area contributed by atoms with Gasteiger partial charge in [-0.1, -0.05) is 60.1 Å². The highest BCUT2D eigenvalue weighted by Crippen LogP contribution is 2.33. The van der Waals surface area contributed by atoms with Gasteiger partial charge in [-0.05, 0) is 54.8 Å². The summed E-state index contributed by atoms with van der Waals surface area (Å²) in [5.74, 6) is -1.17. The molecule has 0 spiro atoms. The van der Waals surface area contributed by atoms with Gasteiger partial charge in [-0.25, -0.2) is 4.90 Å². The Kier molecular flexibility index (Phi) is 7.31. The van der Waals surface area contributed by atoms with Crippen LogP contribution >= 0.6 is 11.6 Å². The van der Waals surface area contributed by atoms with E-state index in [0.717, 1.165) is 35.7 Å². The van der Waals surface area contributed by atoms with Crippen LogP contribution in [0.3, 0.4) is 0 Å². The van der Waals surface area contributed by atoms with Crippen molar-refractivity contribution in [2.75, 3.05) is 36.4 Å². The quantitative estimate of drug-likeness (QED) is 0.470. The molecule has 2 aliphatic rings. The molecule has 8 heteroatoms. The predicted octanol–water partition coefficient (Wildman–Crippen LogP) is 4.70. The average molecular weight is 529 g/mol. The van der Waals surface area contributed by atoms with Gasteiger partial charge in [0.05, 0.1) is 5.69 Å². The Morgan fingerprint density at radius 1 is 0.868 bits per heavy atom. The van der Waals surface area contributed by atoms with Gasteiger partial charge in [-0.2, -0.15) is 0 Å². The van der Waals surface area contributed by atoms with E-state index in [1.807, 2.05) is 43.0 Å². The molecule has 0 aliphatic carbocycles. The average Bonchev–Trinajstić information content (AvgIpc) is 3.14. The fourth-order valence-corrected chi connectivity index (χ4v) is 5.03. The molecule has 2 heterocycles. The van der Waals surface area contributed by atoms with Crippen molar-refractivity contribution in [3.05, 3.63) is 106 Å². The van der Waals surface area contributed by atoms with Gasteiger partial charge >= 0.3 is 0 Å². The van der Waals surface area contributed by atoms with E-state index in [9.17, 15) is 14.4 Å². The van der Waals surface area contributed by atoms with Gasteiger partial charge in [-0.3, -0.25) is 19.3 Å². The first-order valence-electron chi connectivity index (χ1n) is 12.6. The standard InChI is InChI=1S/C30H29ClN4O3/c1-20-8-6-13-25(21(20)2)35-29(37)26(31)27(30(35)38)32-24-12-7-11-23(18-24)28(36)34-16-14-33(15-17-34)19-22-9-4-3-5-10-22/h3-13,18,32H,14-17,19H2,1-2H3. The summed E-state index contributed by atoms with van der Waals surface area (Å²) < 4.78 is 0. The smallest absolute Gasteiger partial charge is 0.283 e. The number of amides is 3. The SMILES string of the molecule is Cc1cccc(N2C(=O)C(Cl)=C(Nc3cccc(C(=O)N4CCN(Cc5ccccc5)CC4)c3)C2=O)c1C. The first-order valence-corrected chi connectivity index (χ1v) is 13.0. The van der Waals surface area contributed by atoms with Crippen LogP contribution in [0, 0.1) is 13.8 Å². The highest BCUT2D eigenvalue weighted by atomic mass is 35.5. The van der Waals surface area contributed by atoms with Gasteiger partial charge < -0.3 is 10.2 Å². The van der Waals surface area contributed by atoms with E-state index in [1.165, 1.54) is 5.56 Å². The van der Waals surface area contributed by atoms with E-state index in [0.29, 0.717) is 30.0 Å². The Bertz CT molecular complexity index is 1430. The van der Waals surface area contributed by atoms with Gasteiger partial charge in [0.2, 0.25) is 0 Å². The topological polar surface area (TPSA) is 73.0 Å². The summed E-state index contributed by atoms with van der Waals surface area (Å²) in [6.45, 7) is 7.52. The third-order valence-corrected chi connectivity index (χ3v) is 7.48. The Morgan fingerprint density at radius 3 is 2.32 bits per heavy atom. The number of benzene rings is 3. The summed E-state index contributed by atoms with van der Waals surface area (Å²) >= 11 is 6.33. The number of piperazine rings is 1. The molecule has 1 saturated heterocycles. The number of halogens is 1. The molecule has 5 rings (SSSR count). The maximum Gasteiger partial charge on any atom is 0.283 e. The molecule has 3 aromatic carbocycles. The van der Waals surface area contributed by atoms with Crippen molar-refractivity contribution in [3.8, 4) is 0 Å². The number of carbonyl (C=O) groups excluding carboxylic acids is 3. The number of hydrogen-bond donors (Lipinski definition) is 1. The minimum Gasteiger partial charge on any atom is -0.350 e. The number of nitrogens with one attached hydrogen (secondary N) is 1. The fraction of sp³-hybridized carbons (Fsp3) is 0.233. The lowest BCUT2D eigenvalue weighted by molar-refractivity contribution is -0.120. The van der Waals surface area contributed by atoms with Gasteiger partial charge in [0.25, 0.3) is 17.7 Å². The lowest BCUT2D eigenvalue weighted by atomic mass is 10.1. The fourth-order valence-electron chi connectivity index (χ4n) is 4.82. The molecule has 0 radical (unpaired) electrons. The molecule has 1 N–H and O–H groups in total. The molecular formula is C30H29ClN4O3. The van der Waals surface area contributed by atoms with Crippen LogP contribution in [-0.4, -0.2) is 53.7 Å². The number of rotatable bonds is 6. The van der Waals surface area contributed by atoms with Gasteiger partial charge in [0.1, 0.15) is 10.7 Å². The molecule has 0 saturated carbocycles. The van der Waals surface area contributed by atoms with Gasteiger partial charge in [-0.15, -0.1) is 0 Å². The number of hydrogen-bond acceptors (Lipinski definition) is 5. The van der Waals surface area contributed by atoms with Crippen LogP contribution in [0.1, 0.15) is 27.0 Å². The Morgan fingerprint density at radius 2 is 1.58 bits per heavy atom. The minimum absolute atomic E-state index is 0.00306. The van der Waals surface area contributed by atoms with Crippen molar-refractivity contribution >= 4 is 40.7 Å². The van der Waals surface area contributed by atoms with Gasteiger partial charge in [0, 0.05) is 44.0 Å².